The molecule has 0 unspecified atom stereocenters. The van der Waals surface area contributed by atoms with Crippen LogP contribution >= 0.6 is 0 Å². The number of ether oxygens (including phenoxy) is 2. The first-order valence-electron chi connectivity index (χ1n) is 10.7. The monoisotopic (exact) mass is 436 g/mol. The quantitative estimate of drug-likeness (QED) is 0.571. The fourth-order valence-electron chi connectivity index (χ4n) is 3.61. The molecule has 1 fully saturated rings. The first kappa shape index (κ1) is 21.9. The number of hydrogen-bond donors (Lipinski definition) is 1. The van der Waals surface area contributed by atoms with Gasteiger partial charge in [0.2, 0.25) is 0 Å². The lowest BCUT2D eigenvalue weighted by Crippen LogP contribution is -2.54. The number of halogens is 1. The summed E-state index contributed by atoms with van der Waals surface area (Å²) in [6.45, 7) is 4.97. The van der Waals surface area contributed by atoms with E-state index in [1.54, 1.807) is 30.5 Å². The molecule has 0 spiro atoms. The van der Waals surface area contributed by atoms with Crippen LogP contribution in [0.2, 0.25) is 0 Å². The van der Waals surface area contributed by atoms with E-state index < -0.39 is 0 Å². The molecule has 166 valence electrons. The summed E-state index contributed by atoms with van der Waals surface area (Å²) < 4.78 is 25.1. The van der Waals surface area contributed by atoms with Crippen LogP contribution in [0.1, 0.15) is 10.4 Å². The summed E-state index contributed by atoms with van der Waals surface area (Å²) in [6, 6.07) is 16.8. The Labute approximate surface area is 187 Å². The Bertz CT molecular complexity index is 1050. The summed E-state index contributed by atoms with van der Waals surface area (Å²) in [5.41, 5.74) is 2.15. The topological polar surface area (TPSA) is 60.5 Å². The van der Waals surface area contributed by atoms with Gasteiger partial charge in [-0.1, -0.05) is 0 Å². The molecule has 0 radical (unpaired) electrons. The van der Waals surface area contributed by atoms with Gasteiger partial charge in [-0.3, -0.25) is 9.78 Å². The van der Waals surface area contributed by atoms with Crippen LogP contribution in [0, 0.1) is 5.82 Å². The largest absolute Gasteiger partial charge is 0.457 e. The molecule has 2 heterocycles. The van der Waals surface area contributed by atoms with Gasteiger partial charge in [-0.2, -0.15) is 0 Å². The minimum absolute atomic E-state index is 0.107. The van der Waals surface area contributed by atoms with Crippen LogP contribution in [0.15, 0.2) is 66.9 Å². The lowest BCUT2D eigenvalue weighted by atomic mass is 10.1. The van der Waals surface area contributed by atoms with Gasteiger partial charge in [0.15, 0.2) is 0 Å². The SMILES string of the molecule is C[N+]1(CCNC(=O)c2ccnc(-c3ccc(Oc4ccc(F)cc4)cc3)c2)CCOCC1. The van der Waals surface area contributed by atoms with E-state index in [0.717, 1.165) is 42.9 Å². The van der Waals surface area contributed by atoms with Crippen LogP contribution in [0.5, 0.6) is 11.5 Å². The van der Waals surface area contributed by atoms with E-state index in [1.807, 2.05) is 24.3 Å². The van der Waals surface area contributed by atoms with Gasteiger partial charge in [-0.25, -0.2) is 4.39 Å². The van der Waals surface area contributed by atoms with E-state index in [9.17, 15) is 9.18 Å². The van der Waals surface area contributed by atoms with Crippen molar-refractivity contribution in [3.05, 3.63) is 78.2 Å². The highest BCUT2D eigenvalue weighted by atomic mass is 19.1. The van der Waals surface area contributed by atoms with Gasteiger partial charge in [0.1, 0.15) is 30.4 Å². The molecule has 3 aromatic rings. The lowest BCUT2D eigenvalue weighted by Gasteiger charge is -2.37. The highest BCUT2D eigenvalue weighted by molar-refractivity contribution is 5.95. The summed E-state index contributed by atoms with van der Waals surface area (Å²) in [4.78, 5) is 17.0. The van der Waals surface area contributed by atoms with Crippen molar-refractivity contribution < 1.29 is 23.1 Å². The number of quaternary nitrogens is 1. The van der Waals surface area contributed by atoms with Crippen molar-refractivity contribution in [1.29, 1.82) is 0 Å². The maximum absolute atomic E-state index is 13.0. The summed E-state index contributed by atoms with van der Waals surface area (Å²) in [5, 5.41) is 3.02. The number of pyridine rings is 1. The van der Waals surface area contributed by atoms with Crippen molar-refractivity contribution in [3.63, 3.8) is 0 Å². The highest BCUT2D eigenvalue weighted by Crippen LogP contribution is 2.25. The molecule has 1 N–H and O–H groups in total. The average Bonchev–Trinajstić information content (AvgIpc) is 2.81. The van der Waals surface area contributed by atoms with Crippen LogP contribution < -0.4 is 10.1 Å². The number of benzene rings is 2. The maximum Gasteiger partial charge on any atom is 0.251 e. The maximum atomic E-state index is 13.0. The van der Waals surface area contributed by atoms with E-state index in [4.69, 9.17) is 9.47 Å². The van der Waals surface area contributed by atoms with Crippen LogP contribution in [0.4, 0.5) is 4.39 Å². The van der Waals surface area contributed by atoms with Gasteiger partial charge in [0, 0.05) is 17.3 Å². The van der Waals surface area contributed by atoms with Gasteiger partial charge >= 0.3 is 0 Å². The Morgan fingerprint density at radius 1 is 1.06 bits per heavy atom. The fourth-order valence-corrected chi connectivity index (χ4v) is 3.61. The van der Waals surface area contributed by atoms with Crippen molar-refractivity contribution in [3.8, 4) is 22.8 Å². The summed E-state index contributed by atoms with van der Waals surface area (Å²) in [7, 11) is 2.20. The summed E-state index contributed by atoms with van der Waals surface area (Å²) in [5.74, 6) is 0.780. The molecule has 1 aromatic heterocycles. The molecule has 1 saturated heterocycles. The van der Waals surface area contributed by atoms with Gasteiger partial charge in [-0.05, 0) is 60.7 Å². The van der Waals surface area contributed by atoms with Crippen LogP contribution in [-0.2, 0) is 4.74 Å². The Hall–Kier alpha value is -3.29. The van der Waals surface area contributed by atoms with Crippen LogP contribution in [0.3, 0.4) is 0 Å². The minimum atomic E-state index is -0.306. The Kier molecular flexibility index (Phi) is 6.78. The summed E-state index contributed by atoms with van der Waals surface area (Å²) in [6.07, 6.45) is 1.64. The molecular weight excluding hydrogens is 409 g/mol. The first-order chi connectivity index (χ1) is 15.5. The zero-order valence-corrected chi connectivity index (χ0v) is 18.1. The van der Waals surface area contributed by atoms with E-state index in [1.165, 1.54) is 12.1 Å². The first-order valence-corrected chi connectivity index (χ1v) is 10.7. The summed E-state index contributed by atoms with van der Waals surface area (Å²) >= 11 is 0. The van der Waals surface area contributed by atoms with Crippen molar-refractivity contribution >= 4 is 5.91 Å². The molecule has 0 aliphatic carbocycles. The Morgan fingerprint density at radius 2 is 1.72 bits per heavy atom. The molecule has 0 atom stereocenters. The van der Waals surface area contributed by atoms with Crippen molar-refractivity contribution in [1.82, 2.24) is 10.3 Å². The molecule has 0 saturated carbocycles. The fraction of sp³-hybridized carbons (Fsp3) is 0.280. The number of morpholine rings is 1. The smallest absolute Gasteiger partial charge is 0.251 e. The van der Waals surface area contributed by atoms with Gasteiger partial charge < -0.3 is 19.3 Å². The zero-order chi connectivity index (χ0) is 22.4. The third-order valence-corrected chi connectivity index (χ3v) is 5.71. The average molecular weight is 437 g/mol. The van der Waals surface area contributed by atoms with Gasteiger partial charge in [-0.15, -0.1) is 0 Å². The molecule has 1 aliphatic rings. The molecule has 1 amide bonds. The van der Waals surface area contributed by atoms with Gasteiger partial charge in [0.05, 0.1) is 39.0 Å². The molecule has 32 heavy (non-hydrogen) atoms. The number of aromatic nitrogens is 1. The number of nitrogens with one attached hydrogen (secondary N) is 1. The third-order valence-electron chi connectivity index (χ3n) is 5.71. The number of nitrogens with zero attached hydrogens (tertiary/aromatic N) is 2. The number of carbonyl (C=O) groups excluding carboxylic acids is 1. The predicted octanol–water partition coefficient (Wildman–Crippen LogP) is 3.89. The lowest BCUT2D eigenvalue weighted by molar-refractivity contribution is -0.915. The van der Waals surface area contributed by atoms with Crippen LogP contribution in [-0.4, -0.2) is 61.8 Å². The minimum Gasteiger partial charge on any atom is -0.457 e. The number of likely N-dealkylation sites (N-methyl/N-ethyl adjacent to an activating group) is 1. The predicted molar refractivity (Wildman–Crippen MR) is 120 cm³/mol. The number of hydrogen-bond acceptors (Lipinski definition) is 4. The number of amides is 1. The Morgan fingerprint density at radius 3 is 2.41 bits per heavy atom. The second-order valence-electron chi connectivity index (χ2n) is 8.17. The standard InChI is InChI=1S/C25H26FN3O3/c1-29(14-16-31-17-15-29)13-12-28-25(30)20-10-11-27-24(18-20)19-2-6-22(7-3-19)32-23-8-4-21(26)5-9-23/h2-11,18H,12-17H2,1H3/p+1. The van der Waals surface area contributed by atoms with Crippen molar-refractivity contribution in [2.75, 3.05) is 46.4 Å². The third kappa shape index (κ3) is 5.69. The van der Waals surface area contributed by atoms with Crippen LogP contribution in [0.25, 0.3) is 11.3 Å². The number of carbonyl (C=O) groups is 1. The highest BCUT2D eigenvalue weighted by Gasteiger charge is 2.24. The van der Waals surface area contributed by atoms with Gasteiger partial charge in [0.25, 0.3) is 5.91 Å². The molecular formula is C25H27FN3O3+. The van der Waals surface area contributed by atoms with E-state index in [2.05, 4.69) is 17.3 Å². The molecule has 4 rings (SSSR count). The van der Waals surface area contributed by atoms with E-state index in [0.29, 0.717) is 29.3 Å². The molecule has 0 bridgehead atoms. The van der Waals surface area contributed by atoms with Crippen molar-refractivity contribution in [2.24, 2.45) is 0 Å². The Balaban J connectivity index is 1.36. The van der Waals surface area contributed by atoms with Crippen molar-refractivity contribution in [2.45, 2.75) is 0 Å². The molecule has 6 nitrogen and oxygen atoms in total. The van der Waals surface area contributed by atoms with E-state index >= 15 is 0 Å². The molecule has 1 aliphatic heterocycles. The second-order valence-corrected chi connectivity index (χ2v) is 8.17. The second kappa shape index (κ2) is 9.89. The van der Waals surface area contributed by atoms with E-state index in [-0.39, 0.29) is 11.7 Å². The normalized spacial score (nSPS) is 15.2. The molecule has 2 aromatic carbocycles. The molecule has 7 heteroatoms. The zero-order valence-electron chi connectivity index (χ0n) is 18.1. The number of rotatable bonds is 7.